The average molecular weight is 381 g/mol. The molecule has 1 atom stereocenters. The second-order valence-corrected chi connectivity index (χ2v) is 7.38. The number of aromatic nitrogens is 1. The lowest BCUT2D eigenvalue weighted by atomic mass is 10.0. The van der Waals surface area contributed by atoms with E-state index < -0.39 is 17.8 Å². The molecule has 27 heavy (non-hydrogen) atoms. The molecule has 2 aromatic carbocycles. The number of Topliss-reactive ketones (excluding diaryl/α,β-unsaturated/α-hetero) is 1. The largest absolute Gasteiger partial charge is 0.480 e. The van der Waals surface area contributed by atoms with Gasteiger partial charge in [-0.2, -0.15) is 0 Å². The molecule has 1 heterocycles. The summed E-state index contributed by atoms with van der Waals surface area (Å²) in [6.07, 6.45) is 0. The maximum atomic E-state index is 12.1. The fourth-order valence-corrected chi connectivity index (χ4v) is 3.45. The van der Waals surface area contributed by atoms with Crippen molar-refractivity contribution in [1.29, 1.82) is 0 Å². The molecule has 6 nitrogen and oxygen atoms in total. The van der Waals surface area contributed by atoms with E-state index in [1.807, 2.05) is 38.1 Å². The van der Waals surface area contributed by atoms with Crippen LogP contribution in [-0.4, -0.2) is 27.9 Å². The molecular weight excluding hydrogens is 362 g/mol. The summed E-state index contributed by atoms with van der Waals surface area (Å²) < 4.78 is 0. The normalized spacial score (nSPS) is 11.8. The highest BCUT2D eigenvalue weighted by molar-refractivity contribution is 7.16. The highest BCUT2D eigenvalue weighted by Gasteiger charge is 2.22. The number of carboxylic acids is 1. The van der Waals surface area contributed by atoms with Gasteiger partial charge in [0.2, 0.25) is 0 Å². The number of carbonyl (C=O) groups is 2. The molecule has 3 rings (SSSR count). The summed E-state index contributed by atoms with van der Waals surface area (Å²) in [4.78, 5) is 28.7. The highest BCUT2D eigenvalue weighted by Crippen LogP contribution is 2.32. The Bertz CT molecular complexity index is 996. The number of hydrogen-bond donors (Lipinski definition) is 3. The summed E-state index contributed by atoms with van der Waals surface area (Å²) in [5.41, 5.74) is 9.42. The van der Waals surface area contributed by atoms with Crippen molar-refractivity contribution >= 4 is 33.9 Å². The Hall–Kier alpha value is -3.03. The van der Waals surface area contributed by atoms with Crippen LogP contribution < -0.4 is 11.1 Å². The van der Waals surface area contributed by atoms with Gasteiger partial charge in [-0.05, 0) is 26.0 Å². The lowest BCUT2D eigenvalue weighted by molar-refractivity contribution is -0.137. The maximum absolute atomic E-state index is 12.1. The zero-order chi connectivity index (χ0) is 19.6. The number of carboxylic acid groups (broad SMARTS) is 1. The summed E-state index contributed by atoms with van der Waals surface area (Å²) in [6, 6.07) is 13.2. The van der Waals surface area contributed by atoms with Crippen LogP contribution in [0.5, 0.6) is 0 Å². The van der Waals surface area contributed by atoms with Crippen molar-refractivity contribution in [3.05, 3.63) is 64.5 Å². The molecule has 0 bridgehead atoms. The Labute approximate surface area is 160 Å². The summed E-state index contributed by atoms with van der Waals surface area (Å²) >= 11 is 1.51. The number of benzene rings is 2. The van der Waals surface area contributed by atoms with Crippen LogP contribution >= 0.6 is 11.3 Å². The first kappa shape index (κ1) is 18.8. The molecule has 1 aromatic heterocycles. The summed E-state index contributed by atoms with van der Waals surface area (Å²) in [5, 5.41) is 12.8. The molecule has 0 saturated carbocycles. The molecule has 0 fully saturated rings. The third-order valence-corrected chi connectivity index (χ3v) is 4.95. The number of anilines is 2. The van der Waals surface area contributed by atoms with Crippen molar-refractivity contribution in [3.63, 3.8) is 0 Å². The fraction of sp³-hybridized carbons (Fsp3) is 0.150. The number of rotatable bonds is 6. The zero-order valence-corrected chi connectivity index (χ0v) is 15.7. The zero-order valence-electron chi connectivity index (χ0n) is 14.9. The van der Waals surface area contributed by atoms with Gasteiger partial charge < -0.3 is 16.2 Å². The van der Waals surface area contributed by atoms with E-state index >= 15 is 0 Å². The van der Waals surface area contributed by atoms with Crippen molar-refractivity contribution in [1.82, 2.24) is 4.98 Å². The maximum Gasteiger partial charge on any atom is 0.328 e. The number of nitrogens with two attached hydrogens (primary N) is 1. The molecule has 3 aromatic rings. The second-order valence-electron chi connectivity index (χ2n) is 6.18. The molecule has 7 heteroatoms. The van der Waals surface area contributed by atoms with Crippen LogP contribution in [-0.2, 0) is 4.79 Å². The number of hydrogen-bond acceptors (Lipinski definition) is 6. The minimum Gasteiger partial charge on any atom is -0.480 e. The van der Waals surface area contributed by atoms with E-state index in [0.717, 1.165) is 16.1 Å². The number of nitrogens with one attached hydrogen (secondary N) is 1. The number of aliphatic carboxylic acids is 1. The monoisotopic (exact) mass is 381 g/mol. The minimum absolute atomic E-state index is 0.238. The smallest absolute Gasteiger partial charge is 0.328 e. The first-order valence-corrected chi connectivity index (χ1v) is 9.11. The van der Waals surface area contributed by atoms with Crippen molar-refractivity contribution in [2.45, 2.75) is 19.9 Å². The van der Waals surface area contributed by atoms with Crippen LogP contribution in [0.2, 0.25) is 0 Å². The molecular formula is C20H19N3O3S. The van der Waals surface area contributed by atoms with Crippen LogP contribution in [0, 0.1) is 13.8 Å². The van der Waals surface area contributed by atoms with Gasteiger partial charge in [-0.3, -0.25) is 9.59 Å². The molecule has 0 aliphatic heterocycles. The summed E-state index contributed by atoms with van der Waals surface area (Å²) in [5.74, 6) is -1.99. The van der Waals surface area contributed by atoms with Gasteiger partial charge in [0.25, 0.3) is 0 Å². The Morgan fingerprint density at radius 2 is 1.85 bits per heavy atom. The molecule has 138 valence electrons. The molecule has 0 aliphatic rings. The Balaban J connectivity index is 1.83. The lowest BCUT2D eigenvalue weighted by Crippen LogP contribution is -2.38. The molecule has 4 N–H and O–H groups in total. The molecule has 1 unspecified atom stereocenters. The molecule has 0 saturated heterocycles. The average Bonchev–Trinajstić information content (AvgIpc) is 3.01. The van der Waals surface area contributed by atoms with E-state index in [1.165, 1.54) is 16.9 Å². The Kier molecular flexibility index (Phi) is 5.34. The number of ketones is 1. The van der Waals surface area contributed by atoms with Gasteiger partial charge in [0, 0.05) is 21.7 Å². The molecule has 0 spiro atoms. The first-order valence-electron chi connectivity index (χ1n) is 8.29. The van der Waals surface area contributed by atoms with E-state index in [-0.39, 0.29) is 5.56 Å². The van der Waals surface area contributed by atoms with Crippen molar-refractivity contribution in [2.24, 2.45) is 5.73 Å². The third kappa shape index (κ3) is 4.21. The molecule has 0 aliphatic carbocycles. The summed E-state index contributed by atoms with van der Waals surface area (Å²) in [6.45, 7) is 4.04. The van der Waals surface area contributed by atoms with Crippen LogP contribution in [0.3, 0.4) is 0 Å². The van der Waals surface area contributed by atoms with Gasteiger partial charge in [0.05, 0.1) is 5.69 Å². The molecule has 0 radical (unpaired) electrons. The highest BCUT2D eigenvalue weighted by atomic mass is 32.1. The van der Waals surface area contributed by atoms with Crippen molar-refractivity contribution in [2.75, 3.05) is 5.32 Å². The van der Waals surface area contributed by atoms with Gasteiger partial charge in [0.15, 0.2) is 17.0 Å². The summed E-state index contributed by atoms with van der Waals surface area (Å²) in [7, 11) is 0. The van der Waals surface area contributed by atoms with E-state index in [2.05, 4.69) is 10.3 Å². The fourth-order valence-electron chi connectivity index (χ4n) is 2.59. The van der Waals surface area contributed by atoms with Crippen LogP contribution in [0.1, 0.15) is 20.8 Å². The predicted molar refractivity (Wildman–Crippen MR) is 107 cm³/mol. The topological polar surface area (TPSA) is 105 Å². The van der Waals surface area contributed by atoms with E-state index in [9.17, 15) is 9.59 Å². The van der Waals surface area contributed by atoms with Gasteiger partial charge in [0.1, 0.15) is 0 Å². The first-order chi connectivity index (χ1) is 12.8. The van der Waals surface area contributed by atoms with Crippen LogP contribution in [0.4, 0.5) is 10.8 Å². The van der Waals surface area contributed by atoms with Gasteiger partial charge >= 0.3 is 5.97 Å². The third-order valence-electron chi connectivity index (χ3n) is 4.07. The number of carbonyl (C=O) groups excluding carboxylic acids is 1. The van der Waals surface area contributed by atoms with Gasteiger partial charge in [-0.1, -0.05) is 42.0 Å². The number of thiazole rings is 1. The standard InChI is InChI=1S/C20H19N3O3S/c1-11-6-8-13(9-7-11)17-12(2)27-20(23-17)22-15-5-3-4-14(10-15)18(24)16(21)19(25)26/h3-10,16H,21H2,1-2H3,(H,22,23)(H,25,26). The van der Waals surface area contributed by atoms with Gasteiger partial charge in [-0.15, -0.1) is 11.3 Å². The van der Waals surface area contributed by atoms with E-state index in [4.69, 9.17) is 10.8 Å². The number of nitrogens with zero attached hydrogens (tertiary/aromatic N) is 1. The van der Waals surface area contributed by atoms with Crippen LogP contribution in [0.25, 0.3) is 11.3 Å². The van der Waals surface area contributed by atoms with Crippen molar-refractivity contribution in [3.8, 4) is 11.3 Å². The Morgan fingerprint density at radius 3 is 2.52 bits per heavy atom. The minimum atomic E-state index is -1.57. The second kappa shape index (κ2) is 7.69. The van der Waals surface area contributed by atoms with E-state index in [1.54, 1.807) is 24.3 Å². The lowest BCUT2D eigenvalue weighted by Gasteiger charge is -2.08. The van der Waals surface area contributed by atoms with E-state index in [0.29, 0.717) is 10.8 Å². The number of aryl methyl sites for hydroxylation is 2. The Morgan fingerprint density at radius 1 is 1.15 bits per heavy atom. The molecule has 0 amide bonds. The van der Waals surface area contributed by atoms with Crippen LogP contribution in [0.15, 0.2) is 48.5 Å². The predicted octanol–water partition coefficient (Wildman–Crippen LogP) is 3.77. The van der Waals surface area contributed by atoms with Gasteiger partial charge in [-0.25, -0.2) is 4.98 Å². The SMILES string of the molecule is Cc1ccc(-c2nc(Nc3cccc(C(=O)C(N)C(=O)O)c3)sc2C)cc1. The van der Waals surface area contributed by atoms with Crippen molar-refractivity contribution < 1.29 is 14.7 Å². The quantitative estimate of drug-likeness (QED) is 0.443.